The molecule has 2 rings (SSSR count). The van der Waals surface area contributed by atoms with Gasteiger partial charge in [-0.15, -0.1) is 11.3 Å². The van der Waals surface area contributed by atoms with E-state index in [9.17, 15) is 4.79 Å². The maximum atomic E-state index is 11.1. The molecule has 17 heavy (non-hydrogen) atoms. The summed E-state index contributed by atoms with van der Waals surface area (Å²) in [5, 5.41) is 12.5. The fraction of sp³-hybridized carbons (Fsp3) is 0.364. The Kier molecular flexibility index (Phi) is 3.14. The van der Waals surface area contributed by atoms with Crippen molar-refractivity contribution in [3.8, 4) is 0 Å². The molecule has 0 aliphatic heterocycles. The second-order valence-corrected chi connectivity index (χ2v) is 6.14. The molecule has 1 fully saturated rings. The first-order chi connectivity index (χ1) is 7.87. The maximum absolute atomic E-state index is 11.1. The van der Waals surface area contributed by atoms with Crippen LogP contribution in [0.4, 0.5) is 0 Å². The van der Waals surface area contributed by atoms with Crippen molar-refractivity contribution in [2.45, 2.75) is 25.3 Å². The molecule has 0 radical (unpaired) electrons. The van der Waals surface area contributed by atoms with Gasteiger partial charge in [-0.25, -0.2) is 4.79 Å². The van der Waals surface area contributed by atoms with Gasteiger partial charge >= 0.3 is 5.97 Å². The fourth-order valence-corrected chi connectivity index (χ4v) is 3.10. The molecule has 0 amide bonds. The van der Waals surface area contributed by atoms with Gasteiger partial charge < -0.3 is 10.4 Å². The minimum absolute atomic E-state index is 0.502. The van der Waals surface area contributed by atoms with Crippen LogP contribution in [0.15, 0.2) is 6.58 Å². The first-order valence-corrected chi connectivity index (χ1v) is 6.60. The van der Waals surface area contributed by atoms with E-state index in [1.54, 1.807) is 0 Å². The monoisotopic (exact) mass is 291 g/mol. The van der Waals surface area contributed by atoms with E-state index in [0.29, 0.717) is 27.9 Å². The van der Waals surface area contributed by atoms with Gasteiger partial charge in [0.2, 0.25) is 0 Å². The zero-order chi connectivity index (χ0) is 12.8. The third-order valence-electron chi connectivity index (χ3n) is 2.86. The number of rotatable bonds is 4. The largest absolute Gasteiger partial charge is 0.480 e. The summed E-state index contributed by atoms with van der Waals surface area (Å²) in [6.45, 7) is 5.71. The van der Waals surface area contributed by atoms with Crippen LogP contribution in [0, 0.1) is 6.92 Å². The molecule has 92 valence electrons. The molecule has 0 bridgehead atoms. The first kappa shape index (κ1) is 12.7. The Morgan fingerprint density at radius 1 is 1.53 bits per heavy atom. The highest BCUT2D eigenvalue weighted by Gasteiger charge is 2.50. The van der Waals surface area contributed by atoms with E-state index >= 15 is 0 Å². The molecule has 0 spiro atoms. The average molecular weight is 292 g/mol. The minimum Gasteiger partial charge on any atom is -0.480 e. The van der Waals surface area contributed by atoms with Crippen LogP contribution in [-0.2, 0) is 4.79 Å². The number of halogens is 2. The summed E-state index contributed by atoms with van der Waals surface area (Å²) in [7, 11) is 0. The number of thiophene rings is 1. The third-order valence-corrected chi connectivity index (χ3v) is 5.10. The Balaban J connectivity index is 2.21. The van der Waals surface area contributed by atoms with Crippen LogP contribution >= 0.6 is 34.5 Å². The number of carboxylic acids is 1. The van der Waals surface area contributed by atoms with Crippen LogP contribution < -0.4 is 5.32 Å². The molecule has 0 atom stereocenters. The van der Waals surface area contributed by atoms with Gasteiger partial charge in [-0.3, -0.25) is 0 Å². The second kappa shape index (κ2) is 4.19. The van der Waals surface area contributed by atoms with Crippen molar-refractivity contribution in [3.05, 3.63) is 26.4 Å². The van der Waals surface area contributed by atoms with Gasteiger partial charge in [0.05, 0.1) is 9.90 Å². The van der Waals surface area contributed by atoms with Crippen molar-refractivity contribution in [2.75, 3.05) is 0 Å². The molecule has 1 saturated carbocycles. The summed E-state index contributed by atoms with van der Waals surface area (Å²) in [6, 6.07) is 0. The maximum Gasteiger partial charge on any atom is 0.329 e. The highest BCUT2D eigenvalue weighted by atomic mass is 35.5. The van der Waals surface area contributed by atoms with Crippen LogP contribution in [0.2, 0.25) is 9.36 Å². The molecule has 0 unspecified atom stereocenters. The molecule has 1 aliphatic carbocycles. The lowest BCUT2D eigenvalue weighted by atomic mass is 10.2. The average Bonchev–Trinajstić information content (AvgIpc) is 2.99. The van der Waals surface area contributed by atoms with Gasteiger partial charge in [0.15, 0.2) is 0 Å². The zero-order valence-corrected chi connectivity index (χ0v) is 11.5. The summed E-state index contributed by atoms with van der Waals surface area (Å²) >= 11 is 13.2. The van der Waals surface area contributed by atoms with Gasteiger partial charge in [0, 0.05) is 5.70 Å². The SMILES string of the molecule is C=C(NC1(C(=O)O)CC1)c1sc(Cl)c(Cl)c1C. The van der Waals surface area contributed by atoms with Crippen molar-refractivity contribution in [1.82, 2.24) is 5.32 Å². The van der Waals surface area contributed by atoms with Crippen LogP contribution in [-0.4, -0.2) is 16.6 Å². The molecule has 1 aliphatic rings. The van der Waals surface area contributed by atoms with Crippen molar-refractivity contribution in [1.29, 1.82) is 0 Å². The molecule has 6 heteroatoms. The number of aliphatic carboxylic acids is 1. The number of carboxylic acid groups (broad SMARTS) is 1. The third kappa shape index (κ3) is 2.17. The Bertz CT molecular complexity index is 506. The Morgan fingerprint density at radius 2 is 2.12 bits per heavy atom. The van der Waals surface area contributed by atoms with E-state index in [0.717, 1.165) is 10.4 Å². The van der Waals surface area contributed by atoms with Gasteiger partial charge in [-0.05, 0) is 25.3 Å². The van der Waals surface area contributed by atoms with E-state index in [1.165, 1.54) is 11.3 Å². The summed E-state index contributed by atoms with van der Waals surface area (Å²) in [6.07, 6.45) is 1.24. The van der Waals surface area contributed by atoms with Gasteiger partial charge in [-0.1, -0.05) is 29.8 Å². The van der Waals surface area contributed by atoms with Gasteiger partial charge in [0.25, 0.3) is 0 Å². The lowest BCUT2D eigenvalue weighted by molar-refractivity contribution is -0.140. The fourth-order valence-electron chi connectivity index (χ4n) is 1.61. The lowest BCUT2D eigenvalue weighted by Crippen LogP contribution is -2.37. The topological polar surface area (TPSA) is 49.3 Å². The Labute approximate surface area is 113 Å². The van der Waals surface area contributed by atoms with Crippen LogP contribution in [0.5, 0.6) is 0 Å². The predicted molar refractivity (Wildman–Crippen MR) is 70.8 cm³/mol. The molecule has 2 N–H and O–H groups in total. The number of nitrogens with one attached hydrogen (secondary N) is 1. The highest BCUT2D eigenvalue weighted by Crippen LogP contribution is 2.42. The van der Waals surface area contributed by atoms with Crippen molar-refractivity contribution in [2.24, 2.45) is 0 Å². The Morgan fingerprint density at radius 3 is 2.47 bits per heavy atom. The molecule has 1 aromatic heterocycles. The van der Waals surface area contributed by atoms with E-state index in [2.05, 4.69) is 11.9 Å². The summed E-state index contributed by atoms with van der Waals surface area (Å²) in [5.74, 6) is -0.843. The van der Waals surface area contributed by atoms with Crippen LogP contribution in [0.25, 0.3) is 5.70 Å². The molecule has 1 aromatic rings. The number of hydrogen-bond acceptors (Lipinski definition) is 3. The van der Waals surface area contributed by atoms with E-state index < -0.39 is 11.5 Å². The number of hydrogen-bond donors (Lipinski definition) is 2. The lowest BCUT2D eigenvalue weighted by Gasteiger charge is -2.15. The van der Waals surface area contributed by atoms with Crippen molar-refractivity contribution < 1.29 is 9.90 Å². The van der Waals surface area contributed by atoms with E-state index in [4.69, 9.17) is 28.3 Å². The second-order valence-electron chi connectivity index (χ2n) is 4.13. The van der Waals surface area contributed by atoms with Crippen molar-refractivity contribution >= 4 is 46.2 Å². The smallest absolute Gasteiger partial charge is 0.329 e. The molecule has 1 heterocycles. The summed E-state index contributed by atoms with van der Waals surface area (Å²) in [5.41, 5.74) is 0.563. The van der Waals surface area contributed by atoms with E-state index in [1.807, 2.05) is 6.92 Å². The molecule has 0 saturated heterocycles. The highest BCUT2D eigenvalue weighted by molar-refractivity contribution is 7.18. The van der Waals surface area contributed by atoms with Gasteiger partial charge in [0.1, 0.15) is 9.88 Å². The summed E-state index contributed by atoms with van der Waals surface area (Å²) in [4.78, 5) is 11.9. The minimum atomic E-state index is -0.843. The first-order valence-electron chi connectivity index (χ1n) is 5.02. The summed E-state index contributed by atoms with van der Waals surface area (Å²) < 4.78 is 0.502. The van der Waals surface area contributed by atoms with E-state index in [-0.39, 0.29) is 0 Å². The van der Waals surface area contributed by atoms with Gasteiger partial charge in [-0.2, -0.15) is 0 Å². The van der Waals surface area contributed by atoms with Crippen molar-refractivity contribution in [3.63, 3.8) is 0 Å². The quantitative estimate of drug-likeness (QED) is 0.892. The normalized spacial score (nSPS) is 16.6. The molecule has 3 nitrogen and oxygen atoms in total. The van der Waals surface area contributed by atoms with Crippen LogP contribution in [0.3, 0.4) is 0 Å². The number of carbonyl (C=O) groups is 1. The molecular formula is C11H11Cl2NO2S. The van der Waals surface area contributed by atoms with Crippen LogP contribution in [0.1, 0.15) is 23.3 Å². The Hall–Kier alpha value is -0.710. The zero-order valence-electron chi connectivity index (χ0n) is 9.14. The molecule has 0 aromatic carbocycles. The predicted octanol–water partition coefficient (Wildman–Crippen LogP) is 3.54. The molecular weight excluding hydrogens is 281 g/mol. The standard InChI is InChI=1S/C11H11Cl2NO2S/c1-5-7(12)9(13)17-8(5)6(2)14-11(3-4-11)10(15)16/h14H,2-4H2,1H3,(H,15,16).